The molecule has 1 heterocycles. The number of rotatable bonds is 7. The third-order valence-electron chi connectivity index (χ3n) is 3.44. The van der Waals surface area contributed by atoms with Crippen molar-refractivity contribution in [1.29, 1.82) is 0 Å². The number of nitrogens with one attached hydrogen (secondary N) is 3. The van der Waals surface area contributed by atoms with Crippen LogP contribution in [0.25, 0.3) is 0 Å². The van der Waals surface area contributed by atoms with Crippen molar-refractivity contribution in [2.24, 2.45) is 0 Å². The highest BCUT2D eigenvalue weighted by atomic mass is 32.2. The van der Waals surface area contributed by atoms with Crippen molar-refractivity contribution < 1.29 is 9.59 Å². The number of carbonyl (C=O) groups excluding carboxylic acids is 2. The van der Waals surface area contributed by atoms with Crippen molar-refractivity contribution in [2.75, 3.05) is 18.1 Å². The third kappa shape index (κ3) is 5.43. The molecule has 0 atom stereocenters. The van der Waals surface area contributed by atoms with E-state index in [0.29, 0.717) is 9.47 Å². The highest BCUT2D eigenvalue weighted by Gasteiger charge is 2.12. The lowest BCUT2D eigenvalue weighted by molar-refractivity contribution is -0.117. The maximum Gasteiger partial charge on any atom is 0.321 e. The van der Waals surface area contributed by atoms with Crippen LogP contribution in [-0.2, 0) is 17.6 Å². The first-order chi connectivity index (χ1) is 12.1. The predicted octanol–water partition coefficient (Wildman–Crippen LogP) is 2.95. The molecular weight excluding hydrogens is 358 g/mol. The number of amides is 3. The number of benzene rings is 1. The van der Waals surface area contributed by atoms with Gasteiger partial charge in [0.2, 0.25) is 11.0 Å². The Balaban J connectivity index is 2.00. The smallest absolute Gasteiger partial charge is 0.321 e. The molecule has 0 aliphatic rings. The van der Waals surface area contributed by atoms with Gasteiger partial charge in [0.25, 0.3) is 0 Å². The molecule has 0 spiro atoms. The molecule has 2 aromatic rings. The second kappa shape index (κ2) is 9.38. The van der Waals surface area contributed by atoms with E-state index in [1.54, 1.807) is 0 Å². The van der Waals surface area contributed by atoms with Crippen LogP contribution in [0.3, 0.4) is 0 Å². The van der Waals surface area contributed by atoms with E-state index in [0.717, 1.165) is 18.5 Å². The zero-order chi connectivity index (χ0) is 18.2. The summed E-state index contributed by atoms with van der Waals surface area (Å²) in [5, 5.41) is 16.8. The average molecular weight is 380 g/mol. The number of hydrogen-bond donors (Lipinski definition) is 3. The van der Waals surface area contributed by atoms with Gasteiger partial charge in [-0.05, 0) is 24.0 Å². The Morgan fingerprint density at radius 3 is 2.44 bits per heavy atom. The topological polar surface area (TPSA) is 96.0 Å². The minimum Gasteiger partial charge on any atom is -0.341 e. The first-order valence-corrected chi connectivity index (χ1v) is 9.73. The summed E-state index contributed by atoms with van der Waals surface area (Å²) in [4.78, 5) is 22.7. The number of imide groups is 1. The van der Waals surface area contributed by atoms with Crippen LogP contribution < -0.4 is 16.0 Å². The van der Waals surface area contributed by atoms with Gasteiger partial charge < -0.3 is 10.6 Å². The Labute approximate surface area is 155 Å². The quantitative estimate of drug-likeness (QED) is 0.640. The molecule has 3 N–H and O–H groups in total. The fourth-order valence-corrected chi connectivity index (χ4v) is 3.74. The number of aromatic nitrogens is 2. The Morgan fingerprint density at radius 2 is 1.84 bits per heavy atom. The monoisotopic (exact) mass is 379 g/mol. The van der Waals surface area contributed by atoms with Crippen LogP contribution in [0.15, 0.2) is 22.5 Å². The lowest BCUT2D eigenvalue weighted by Crippen LogP contribution is -2.38. The van der Waals surface area contributed by atoms with Crippen LogP contribution in [0.5, 0.6) is 0 Å². The van der Waals surface area contributed by atoms with Gasteiger partial charge in [-0.25, -0.2) is 4.79 Å². The van der Waals surface area contributed by atoms with Crippen LogP contribution in [0.4, 0.5) is 15.6 Å². The Hall–Kier alpha value is -2.13. The van der Waals surface area contributed by atoms with Crippen LogP contribution in [0.1, 0.15) is 25.0 Å². The zero-order valence-corrected chi connectivity index (χ0v) is 16.0. The maximum absolute atomic E-state index is 11.6. The summed E-state index contributed by atoms with van der Waals surface area (Å²) >= 11 is 2.63. The summed E-state index contributed by atoms with van der Waals surface area (Å²) in [6.07, 6.45) is 1.85. The summed E-state index contributed by atoms with van der Waals surface area (Å²) in [6.45, 7) is 4.23. The van der Waals surface area contributed by atoms with Crippen LogP contribution in [0, 0.1) is 0 Å². The van der Waals surface area contributed by atoms with Crippen molar-refractivity contribution in [3.05, 3.63) is 29.3 Å². The van der Waals surface area contributed by atoms with Crippen molar-refractivity contribution in [3.8, 4) is 0 Å². The normalized spacial score (nSPS) is 10.4. The van der Waals surface area contributed by atoms with Gasteiger partial charge in [-0.1, -0.05) is 55.1 Å². The number of nitrogens with zero attached hydrogens (tertiary/aromatic N) is 2. The molecule has 1 aromatic heterocycles. The number of aryl methyl sites for hydroxylation is 2. The summed E-state index contributed by atoms with van der Waals surface area (Å²) in [7, 11) is 1.46. The van der Waals surface area contributed by atoms with E-state index in [1.807, 2.05) is 0 Å². The second-order valence-corrected chi connectivity index (χ2v) is 7.27. The third-order valence-corrected chi connectivity index (χ3v) is 5.42. The van der Waals surface area contributed by atoms with Gasteiger partial charge in [0.1, 0.15) is 0 Å². The molecule has 0 saturated heterocycles. The number of anilines is 2. The first kappa shape index (κ1) is 19.2. The van der Waals surface area contributed by atoms with Crippen molar-refractivity contribution in [1.82, 2.24) is 20.8 Å². The SMILES string of the molecule is CCc1cccc(CC)c1Nc1nnc(SCC(=O)NC(=O)NC)s1. The fourth-order valence-electron chi connectivity index (χ4n) is 2.18. The Morgan fingerprint density at radius 1 is 1.16 bits per heavy atom. The van der Waals surface area contributed by atoms with Crippen molar-refractivity contribution in [3.63, 3.8) is 0 Å². The molecule has 0 bridgehead atoms. The molecule has 7 nitrogen and oxygen atoms in total. The van der Waals surface area contributed by atoms with E-state index in [4.69, 9.17) is 0 Å². The van der Waals surface area contributed by atoms with E-state index < -0.39 is 6.03 Å². The van der Waals surface area contributed by atoms with E-state index >= 15 is 0 Å². The molecule has 1 aromatic carbocycles. The molecule has 134 valence electrons. The van der Waals surface area contributed by atoms with E-state index in [1.165, 1.54) is 41.3 Å². The van der Waals surface area contributed by atoms with Crippen LogP contribution >= 0.6 is 23.1 Å². The molecule has 0 saturated carbocycles. The molecule has 25 heavy (non-hydrogen) atoms. The van der Waals surface area contributed by atoms with Gasteiger partial charge in [-0.2, -0.15) is 0 Å². The van der Waals surface area contributed by atoms with E-state index in [-0.39, 0.29) is 11.7 Å². The van der Waals surface area contributed by atoms with Crippen molar-refractivity contribution >= 4 is 45.9 Å². The molecule has 0 aliphatic heterocycles. The molecular formula is C16H21N5O2S2. The standard InChI is InChI=1S/C16H21N5O2S2/c1-4-10-7-6-8-11(5-2)13(10)19-15-20-21-16(25-15)24-9-12(22)18-14(23)17-3/h6-8H,4-5,9H2,1-3H3,(H,19,20)(H2,17,18,22,23). The number of hydrogen-bond acceptors (Lipinski definition) is 7. The van der Waals surface area contributed by atoms with Gasteiger partial charge >= 0.3 is 6.03 Å². The molecule has 0 aliphatic carbocycles. The average Bonchev–Trinajstić information content (AvgIpc) is 3.07. The highest BCUT2D eigenvalue weighted by Crippen LogP contribution is 2.31. The van der Waals surface area contributed by atoms with Gasteiger partial charge in [0.05, 0.1) is 5.75 Å². The minimum absolute atomic E-state index is 0.105. The summed E-state index contributed by atoms with van der Waals surface area (Å²) in [5.41, 5.74) is 3.54. The minimum atomic E-state index is -0.520. The summed E-state index contributed by atoms with van der Waals surface area (Å²) in [6, 6.07) is 5.74. The van der Waals surface area contributed by atoms with Gasteiger partial charge in [0, 0.05) is 12.7 Å². The molecule has 0 unspecified atom stereocenters. The van der Waals surface area contributed by atoms with Gasteiger partial charge in [-0.3, -0.25) is 10.1 Å². The van der Waals surface area contributed by atoms with Crippen LogP contribution in [0.2, 0.25) is 0 Å². The molecule has 2 rings (SSSR count). The van der Waals surface area contributed by atoms with Gasteiger partial charge in [-0.15, -0.1) is 10.2 Å². The number of urea groups is 1. The van der Waals surface area contributed by atoms with E-state index in [9.17, 15) is 9.59 Å². The molecule has 0 radical (unpaired) electrons. The number of thioether (sulfide) groups is 1. The predicted molar refractivity (Wildman–Crippen MR) is 102 cm³/mol. The largest absolute Gasteiger partial charge is 0.341 e. The fraction of sp³-hybridized carbons (Fsp3) is 0.375. The molecule has 3 amide bonds. The van der Waals surface area contributed by atoms with Gasteiger partial charge in [0.15, 0.2) is 4.34 Å². The summed E-state index contributed by atoms with van der Waals surface area (Å²) in [5.74, 6) is -0.271. The second-order valence-electron chi connectivity index (χ2n) is 5.07. The maximum atomic E-state index is 11.6. The zero-order valence-electron chi connectivity index (χ0n) is 14.4. The highest BCUT2D eigenvalue weighted by molar-refractivity contribution is 8.01. The summed E-state index contributed by atoms with van der Waals surface area (Å²) < 4.78 is 0.668. The number of para-hydroxylation sites is 1. The first-order valence-electron chi connectivity index (χ1n) is 7.93. The van der Waals surface area contributed by atoms with Crippen LogP contribution in [-0.4, -0.2) is 34.9 Å². The molecule has 0 fully saturated rings. The van der Waals surface area contributed by atoms with E-state index in [2.05, 4.69) is 58.2 Å². The number of carbonyl (C=O) groups is 2. The molecule has 9 heteroatoms. The lowest BCUT2D eigenvalue weighted by atomic mass is 10.0. The Kier molecular flexibility index (Phi) is 7.20. The Bertz CT molecular complexity index is 726. The lowest BCUT2D eigenvalue weighted by Gasteiger charge is -2.13. The van der Waals surface area contributed by atoms with Crippen molar-refractivity contribution in [2.45, 2.75) is 31.0 Å².